The van der Waals surface area contributed by atoms with E-state index in [2.05, 4.69) is 31.5 Å². The molecule has 2 rings (SSSR count). The van der Waals surface area contributed by atoms with E-state index >= 15 is 0 Å². The van der Waals surface area contributed by atoms with Crippen LogP contribution in [0.25, 0.3) is 0 Å². The maximum absolute atomic E-state index is 12.3. The second-order valence-corrected chi connectivity index (χ2v) is 5.37. The van der Waals surface area contributed by atoms with Gasteiger partial charge in [0.05, 0.1) is 11.3 Å². The fourth-order valence-corrected chi connectivity index (χ4v) is 2.08. The zero-order chi connectivity index (χ0) is 14.7. The van der Waals surface area contributed by atoms with Crippen LogP contribution in [0.3, 0.4) is 0 Å². The lowest BCUT2D eigenvalue weighted by Gasteiger charge is -2.11. The van der Waals surface area contributed by atoms with Crippen molar-refractivity contribution in [2.24, 2.45) is 0 Å². The Labute approximate surface area is 126 Å². The number of anilines is 2. The van der Waals surface area contributed by atoms with Gasteiger partial charge in [0.25, 0.3) is 5.91 Å². The van der Waals surface area contributed by atoms with E-state index in [-0.39, 0.29) is 5.91 Å². The smallest absolute Gasteiger partial charge is 0.258 e. The second-order valence-electron chi connectivity index (χ2n) is 4.52. The molecule has 0 atom stereocenters. The SMILES string of the molecule is CNc1ccc(C)cc1C(=O)Nc1ccc(Br)c(C)n1. The molecule has 1 aromatic carbocycles. The fraction of sp³-hybridized carbons (Fsp3) is 0.200. The van der Waals surface area contributed by atoms with Crippen LogP contribution in [0.15, 0.2) is 34.8 Å². The molecule has 1 amide bonds. The van der Waals surface area contributed by atoms with Crippen LogP contribution in [-0.4, -0.2) is 17.9 Å². The molecule has 104 valence electrons. The van der Waals surface area contributed by atoms with Crippen molar-refractivity contribution in [2.75, 3.05) is 17.7 Å². The van der Waals surface area contributed by atoms with E-state index in [1.165, 1.54) is 0 Å². The Kier molecular flexibility index (Phi) is 4.39. The molecule has 0 aliphatic rings. The van der Waals surface area contributed by atoms with E-state index in [1.54, 1.807) is 13.1 Å². The second kappa shape index (κ2) is 6.05. The number of carbonyl (C=O) groups excluding carboxylic acids is 1. The van der Waals surface area contributed by atoms with Gasteiger partial charge in [0, 0.05) is 17.2 Å². The van der Waals surface area contributed by atoms with Crippen molar-refractivity contribution < 1.29 is 4.79 Å². The number of aromatic nitrogens is 1. The Morgan fingerprint density at radius 3 is 2.60 bits per heavy atom. The summed E-state index contributed by atoms with van der Waals surface area (Å²) >= 11 is 3.39. The summed E-state index contributed by atoms with van der Waals surface area (Å²) in [6.45, 7) is 3.84. The Morgan fingerprint density at radius 1 is 1.20 bits per heavy atom. The van der Waals surface area contributed by atoms with E-state index in [4.69, 9.17) is 0 Å². The summed E-state index contributed by atoms with van der Waals surface area (Å²) in [4.78, 5) is 16.7. The van der Waals surface area contributed by atoms with E-state index < -0.39 is 0 Å². The predicted octanol–water partition coefficient (Wildman–Crippen LogP) is 3.75. The van der Waals surface area contributed by atoms with Gasteiger partial charge in [-0.25, -0.2) is 4.98 Å². The number of aryl methyl sites for hydroxylation is 2. The summed E-state index contributed by atoms with van der Waals surface area (Å²) in [5, 5.41) is 5.84. The van der Waals surface area contributed by atoms with Crippen molar-refractivity contribution in [3.8, 4) is 0 Å². The van der Waals surface area contributed by atoms with Crippen LogP contribution < -0.4 is 10.6 Å². The van der Waals surface area contributed by atoms with Crippen LogP contribution >= 0.6 is 15.9 Å². The molecule has 1 aromatic heterocycles. The highest BCUT2D eigenvalue weighted by Crippen LogP contribution is 2.20. The number of pyridine rings is 1. The van der Waals surface area contributed by atoms with Crippen molar-refractivity contribution in [3.63, 3.8) is 0 Å². The van der Waals surface area contributed by atoms with Crippen molar-refractivity contribution in [2.45, 2.75) is 13.8 Å². The van der Waals surface area contributed by atoms with Gasteiger partial charge in [-0.2, -0.15) is 0 Å². The molecule has 0 radical (unpaired) electrons. The first kappa shape index (κ1) is 14.5. The average Bonchev–Trinajstić information content (AvgIpc) is 2.43. The Hall–Kier alpha value is -1.88. The van der Waals surface area contributed by atoms with E-state index in [1.807, 2.05) is 38.1 Å². The summed E-state index contributed by atoms with van der Waals surface area (Å²) in [5.41, 5.74) is 3.27. The number of rotatable bonds is 3. The number of halogens is 1. The van der Waals surface area contributed by atoms with Gasteiger partial charge in [0.1, 0.15) is 5.82 Å². The van der Waals surface area contributed by atoms with Gasteiger partial charge in [-0.05, 0) is 54.0 Å². The molecular formula is C15H16BrN3O. The van der Waals surface area contributed by atoms with Crippen molar-refractivity contribution in [3.05, 3.63) is 51.6 Å². The molecule has 0 bridgehead atoms. The van der Waals surface area contributed by atoms with E-state index in [0.29, 0.717) is 11.4 Å². The molecule has 5 heteroatoms. The monoisotopic (exact) mass is 333 g/mol. The zero-order valence-corrected chi connectivity index (χ0v) is 13.2. The number of hydrogen-bond donors (Lipinski definition) is 2. The fourth-order valence-electron chi connectivity index (χ4n) is 1.86. The third kappa shape index (κ3) is 3.17. The molecule has 1 heterocycles. The van der Waals surface area contributed by atoms with Gasteiger partial charge in [-0.3, -0.25) is 4.79 Å². The molecule has 0 fully saturated rings. The molecule has 0 aliphatic carbocycles. The molecule has 20 heavy (non-hydrogen) atoms. The molecule has 2 aromatic rings. The summed E-state index contributed by atoms with van der Waals surface area (Å²) in [6.07, 6.45) is 0. The van der Waals surface area contributed by atoms with Gasteiger partial charge in [0.2, 0.25) is 0 Å². The molecule has 0 aliphatic heterocycles. The van der Waals surface area contributed by atoms with Crippen LogP contribution in [0.5, 0.6) is 0 Å². The van der Waals surface area contributed by atoms with Gasteiger partial charge in [-0.1, -0.05) is 11.6 Å². The summed E-state index contributed by atoms with van der Waals surface area (Å²) in [7, 11) is 1.80. The lowest BCUT2D eigenvalue weighted by Crippen LogP contribution is -2.15. The number of carbonyl (C=O) groups is 1. The quantitative estimate of drug-likeness (QED) is 0.899. The standard InChI is InChI=1S/C15H16BrN3O/c1-9-4-6-13(17-3)11(8-9)15(20)19-14-7-5-12(16)10(2)18-14/h4-8,17H,1-3H3,(H,18,19,20). The minimum absolute atomic E-state index is 0.174. The average molecular weight is 334 g/mol. The van der Waals surface area contributed by atoms with E-state index in [9.17, 15) is 4.79 Å². The minimum atomic E-state index is -0.174. The molecule has 4 nitrogen and oxygen atoms in total. The lowest BCUT2D eigenvalue weighted by molar-refractivity contribution is 0.102. The maximum Gasteiger partial charge on any atom is 0.258 e. The number of benzene rings is 1. The van der Waals surface area contributed by atoms with Gasteiger partial charge >= 0.3 is 0 Å². The molecule has 0 saturated heterocycles. The number of nitrogens with one attached hydrogen (secondary N) is 2. The first-order valence-corrected chi connectivity index (χ1v) is 7.03. The molecule has 2 N–H and O–H groups in total. The molecular weight excluding hydrogens is 318 g/mol. The highest BCUT2D eigenvalue weighted by atomic mass is 79.9. The van der Waals surface area contributed by atoms with Crippen LogP contribution in [0.2, 0.25) is 0 Å². The van der Waals surface area contributed by atoms with Gasteiger partial charge in [0.15, 0.2) is 0 Å². The summed E-state index contributed by atoms with van der Waals surface area (Å²) < 4.78 is 0.918. The third-order valence-corrected chi connectivity index (χ3v) is 3.79. The first-order chi connectivity index (χ1) is 9.51. The van der Waals surface area contributed by atoms with E-state index in [0.717, 1.165) is 21.4 Å². The number of hydrogen-bond acceptors (Lipinski definition) is 3. The van der Waals surface area contributed by atoms with Crippen LogP contribution in [0.1, 0.15) is 21.6 Å². The Balaban J connectivity index is 2.27. The summed E-state index contributed by atoms with van der Waals surface area (Å²) in [5.74, 6) is 0.367. The highest BCUT2D eigenvalue weighted by molar-refractivity contribution is 9.10. The van der Waals surface area contributed by atoms with Gasteiger partial charge in [-0.15, -0.1) is 0 Å². The lowest BCUT2D eigenvalue weighted by atomic mass is 10.1. The molecule has 0 unspecified atom stereocenters. The molecule has 0 spiro atoms. The van der Waals surface area contributed by atoms with Crippen LogP contribution in [0, 0.1) is 13.8 Å². The Morgan fingerprint density at radius 2 is 1.95 bits per heavy atom. The van der Waals surface area contributed by atoms with Crippen molar-refractivity contribution >= 4 is 33.3 Å². The number of nitrogens with zero attached hydrogens (tertiary/aromatic N) is 1. The maximum atomic E-state index is 12.3. The van der Waals surface area contributed by atoms with Crippen molar-refractivity contribution in [1.29, 1.82) is 0 Å². The number of amides is 1. The zero-order valence-electron chi connectivity index (χ0n) is 11.6. The van der Waals surface area contributed by atoms with Crippen LogP contribution in [-0.2, 0) is 0 Å². The topological polar surface area (TPSA) is 54.0 Å². The molecule has 0 saturated carbocycles. The largest absolute Gasteiger partial charge is 0.387 e. The first-order valence-electron chi connectivity index (χ1n) is 6.24. The van der Waals surface area contributed by atoms with Gasteiger partial charge < -0.3 is 10.6 Å². The van der Waals surface area contributed by atoms with Crippen molar-refractivity contribution in [1.82, 2.24) is 4.98 Å². The third-order valence-electron chi connectivity index (χ3n) is 2.95. The summed E-state index contributed by atoms with van der Waals surface area (Å²) in [6, 6.07) is 9.35. The Bertz CT molecular complexity index is 656. The predicted molar refractivity (Wildman–Crippen MR) is 85.4 cm³/mol. The minimum Gasteiger partial charge on any atom is -0.387 e. The normalized spacial score (nSPS) is 10.2. The van der Waals surface area contributed by atoms with Crippen LogP contribution in [0.4, 0.5) is 11.5 Å². The highest BCUT2D eigenvalue weighted by Gasteiger charge is 2.12.